The summed E-state index contributed by atoms with van der Waals surface area (Å²) in [6, 6.07) is 0. The predicted molar refractivity (Wildman–Crippen MR) is 63.7 cm³/mol. The maximum Gasteiger partial charge on any atom is 0.144 e. The van der Waals surface area contributed by atoms with Crippen LogP contribution in [0.2, 0.25) is 5.15 Å². The average Bonchev–Trinajstić information content (AvgIpc) is 2.43. The number of hydrogen-bond acceptors (Lipinski definition) is 3. The van der Waals surface area contributed by atoms with Crippen LogP contribution in [-0.2, 0) is 18.4 Å². The number of halogens is 1. The van der Waals surface area contributed by atoms with E-state index in [0.717, 1.165) is 0 Å². The molecule has 1 heterocycles. The van der Waals surface area contributed by atoms with E-state index in [1.807, 2.05) is 20.8 Å². The fraction of sp³-hybridized carbons (Fsp3) is 0.556. The molecule has 1 atom stereocenters. The van der Waals surface area contributed by atoms with Gasteiger partial charge < -0.3 is 4.55 Å². The van der Waals surface area contributed by atoms with Gasteiger partial charge in [0.2, 0.25) is 0 Å². The van der Waals surface area contributed by atoms with Crippen molar-refractivity contribution in [2.75, 3.05) is 0 Å². The van der Waals surface area contributed by atoms with E-state index in [9.17, 15) is 4.55 Å². The van der Waals surface area contributed by atoms with Crippen LogP contribution in [0.15, 0.2) is 10.6 Å². The first-order valence-electron chi connectivity index (χ1n) is 4.46. The average molecular weight is 248 g/mol. The van der Waals surface area contributed by atoms with Gasteiger partial charge in [-0.1, -0.05) is 16.0 Å². The largest absolute Gasteiger partial charge is 0.591 e. The quantitative estimate of drug-likeness (QED) is 0.593. The van der Waals surface area contributed by atoms with E-state index in [-0.39, 0.29) is 4.75 Å². The molecule has 0 radical (unpaired) electrons. The lowest BCUT2D eigenvalue weighted by atomic mass is 10.3. The minimum atomic E-state index is -1.26. The zero-order valence-electron chi connectivity index (χ0n) is 9.19. The highest BCUT2D eigenvalue weighted by atomic mass is 35.5. The van der Waals surface area contributed by atoms with Crippen LogP contribution in [0.3, 0.4) is 0 Å². The smallest absolute Gasteiger partial charge is 0.144 e. The molecule has 0 aliphatic rings. The monoisotopic (exact) mass is 247 g/mol. The van der Waals surface area contributed by atoms with Crippen molar-refractivity contribution in [3.8, 4) is 0 Å². The summed E-state index contributed by atoms with van der Waals surface area (Å²) in [6.07, 6.45) is 3.09. The molecule has 4 nitrogen and oxygen atoms in total. The van der Waals surface area contributed by atoms with Crippen molar-refractivity contribution in [3.05, 3.63) is 16.9 Å². The lowest BCUT2D eigenvalue weighted by molar-refractivity contribution is 0.562. The van der Waals surface area contributed by atoms with Crippen LogP contribution in [0, 0.1) is 0 Å². The zero-order valence-corrected chi connectivity index (χ0v) is 10.8. The van der Waals surface area contributed by atoms with Crippen LogP contribution < -0.4 is 0 Å². The van der Waals surface area contributed by atoms with Crippen LogP contribution in [-0.4, -0.2) is 25.3 Å². The van der Waals surface area contributed by atoms with E-state index in [2.05, 4.69) is 9.50 Å². The van der Waals surface area contributed by atoms with Gasteiger partial charge in [-0.3, -0.25) is 4.68 Å². The molecule has 0 N–H and O–H groups in total. The zero-order chi connectivity index (χ0) is 11.6. The molecule has 0 aliphatic heterocycles. The van der Waals surface area contributed by atoms with E-state index in [0.29, 0.717) is 10.7 Å². The third kappa shape index (κ3) is 3.22. The Balaban J connectivity index is 2.78. The van der Waals surface area contributed by atoms with Gasteiger partial charge in [0.1, 0.15) is 21.3 Å². The Morgan fingerprint density at radius 1 is 1.60 bits per heavy atom. The molecule has 0 amide bonds. The molecule has 1 rings (SSSR count). The van der Waals surface area contributed by atoms with Crippen LogP contribution in [0.25, 0.3) is 0 Å². The summed E-state index contributed by atoms with van der Waals surface area (Å²) in [6.45, 7) is 5.60. The molecule has 1 aromatic rings. The van der Waals surface area contributed by atoms with E-state index in [1.165, 1.54) is 10.9 Å². The summed E-state index contributed by atoms with van der Waals surface area (Å²) in [5, 5.41) is 4.44. The molecule has 1 unspecified atom stereocenters. The molecule has 0 fully saturated rings. The fourth-order valence-electron chi connectivity index (χ4n) is 0.789. The van der Waals surface area contributed by atoms with Gasteiger partial charge >= 0.3 is 0 Å². The number of rotatable bonds is 2. The first-order valence-corrected chi connectivity index (χ1v) is 5.94. The highest BCUT2D eigenvalue weighted by Crippen LogP contribution is 2.18. The second-order valence-electron chi connectivity index (χ2n) is 4.11. The lowest BCUT2D eigenvalue weighted by Gasteiger charge is -2.17. The summed E-state index contributed by atoms with van der Waals surface area (Å²) in [4.78, 5) is 0. The Bertz CT molecular complexity index is 370. The third-order valence-electron chi connectivity index (χ3n) is 1.70. The van der Waals surface area contributed by atoms with Gasteiger partial charge in [0.05, 0.1) is 18.0 Å². The van der Waals surface area contributed by atoms with Gasteiger partial charge in [-0.25, -0.2) is 0 Å². The van der Waals surface area contributed by atoms with Crippen LogP contribution in [0.4, 0.5) is 0 Å². The van der Waals surface area contributed by atoms with E-state index in [4.69, 9.17) is 11.6 Å². The van der Waals surface area contributed by atoms with Crippen molar-refractivity contribution in [2.45, 2.75) is 25.5 Å². The summed E-state index contributed by atoms with van der Waals surface area (Å²) in [7, 11) is 1.74. The topological polar surface area (TPSA) is 53.2 Å². The molecule has 6 heteroatoms. The van der Waals surface area contributed by atoms with Crippen LogP contribution in [0.5, 0.6) is 0 Å². The molecular weight excluding hydrogens is 234 g/mol. The summed E-state index contributed by atoms with van der Waals surface area (Å²) < 4.78 is 16.7. The second-order valence-corrected chi connectivity index (χ2v) is 6.40. The van der Waals surface area contributed by atoms with Crippen molar-refractivity contribution in [1.82, 2.24) is 9.78 Å². The van der Waals surface area contributed by atoms with Gasteiger partial charge in [-0.15, -0.1) is 0 Å². The minimum Gasteiger partial charge on any atom is -0.591 e. The van der Waals surface area contributed by atoms with Crippen molar-refractivity contribution in [1.29, 1.82) is 0 Å². The maximum atomic E-state index is 11.6. The van der Waals surface area contributed by atoms with E-state index < -0.39 is 11.4 Å². The molecule has 15 heavy (non-hydrogen) atoms. The number of hydrogen-bond donors (Lipinski definition) is 0. The highest BCUT2D eigenvalue weighted by molar-refractivity contribution is 7.91. The normalized spacial score (nSPS) is 14.8. The lowest BCUT2D eigenvalue weighted by Crippen LogP contribution is -2.25. The van der Waals surface area contributed by atoms with Gasteiger partial charge in [0.25, 0.3) is 0 Å². The Hall–Kier alpha value is -0.520. The van der Waals surface area contributed by atoms with Crippen molar-refractivity contribution >= 4 is 29.2 Å². The second kappa shape index (κ2) is 4.55. The summed E-state index contributed by atoms with van der Waals surface area (Å²) in [5.41, 5.74) is 0.678. The first-order chi connectivity index (χ1) is 6.82. The number of nitrogens with zero attached hydrogens (tertiary/aromatic N) is 3. The molecule has 0 aliphatic carbocycles. The fourth-order valence-corrected chi connectivity index (χ4v) is 1.46. The van der Waals surface area contributed by atoms with Gasteiger partial charge in [-0.2, -0.15) is 5.10 Å². The number of aromatic nitrogens is 2. The SMILES string of the molecule is Cn1ncc(/C=N/[S+]([O-])C(C)(C)C)c1Cl. The highest BCUT2D eigenvalue weighted by Gasteiger charge is 2.25. The molecule has 1 aromatic heterocycles. The molecule has 84 valence electrons. The molecule has 0 saturated carbocycles. The Morgan fingerprint density at radius 2 is 2.20 bits per heavy atom. The first kappa shape index (κ1) is 12.5. The van der Waals surface area contributed by atoms with Crippen molar-refractivity contribution in [2.24, 2.45) is 11.4 Å². The van der Waals surface area contributed by atoms with Gasteiger partial charge in [0, 0.05) is 7.05 Å². The Morgan fingerprint density at radius 3 is 2.60 bits per heavy atom. The predicted octanol–water partition coefficient (Wildman–Crippen LogP) is 1.95. The van der Waals surface area contributed by atoms with Crippen LogP contribution in [0.1, 0.15) is 26.3 Å². The third-order valence-corrected chi connectivity index (χ3v) is 3.51. The van der Waals surface area contributed by atoms with E-state index >= 15 is 0 Å². The van der Waals surface area contributed by atoms with Gasteiger partial charge in [-0.05, 0) is 20.8 Å². The summed E-state index contributed by atoms with van der Waals surface area (Å²) >= 11 is 4.65. The minimum absolute atomic E-state index is 0.356. The molecule has 0 bridgehead atoms. The molecule has 0 saturated heterocycles. The Kier molecular flexibility index (Phi) is 3.81. The van der Waals surface area contributed by atoms with Crippen molar-refractivity contribution < 1.29 is 4.55 Å². The standard InChI is InChI=1S/C9H14ClN3OS/c1-9(2,3)15(14)12-6-7-5-11-13(4)8(7)10/h5-6H,1-4H3/b12-6+. The number of aryl methyl sites for hydroxylation is 1. The molecule has 0 aromatic carbocycles. The van der Waals surface area contributed by atoms with Crippen molar-refractivity contribution in [3.63, 3.8) is 0 Å². The summed E-state index contributed by atoms with van der Waals surface area (Å²) in [5.74, 6) is 0. The molecule has 0 spiro atoms. The Labute approximate surface area is 97.7 Å². The van der Waals surface area contributed by atoms with Crippen LogP contribution >= 0.6 is 11.6 Å². The van der Waals surface area contributed by atoms with Gasteiger partial charge in [0.15, 0.2) is 0 Å². The van der Waals surface area contributed by atoms with E-state index in [1.54, 1.807) is 13.2 Å². The maximum absolute atomic E-state index is 11.6. The molecular formula is C9H14ClN3OS.